The van der Waals surface area contributed by atoms with Gasteiger partial charge in [-0.3, -0.25) is 9.88 Å². The topological polar surface area (TPSA) is 25.4 Å². The summed E-state index contributed by atoms with van der Waals surface area (Å²) in [6.07, 6.45) is 6.61. The Kier molecular flexibility index (Phi) is 5.86. The van der Waals surface area contributed by atoms with Crippen LogP contribution in [-0.2, 0) is 17.8 Å². The van der Waals surface area contributed by atoms with Crippen LogP contribution in [0.5, 0.6) is 0 Å². The highest BCUT2D eigenvalue weighted by molar-refractivity contribution is 9.10. The third-order valence-electron chi connectivity index (χ3n) is 5.23. The van der Waals surface area contributed by atoms with E-state index >= 15 is 0 Å². The lowest BCUT2D eigenvalue weighted by molar-refractivity contribution is 0.0679. The van der Waals surface area contributed by atoms with E-state index < -0.39 is 0 Å². The van der Waals surface area contributed by atoms with E-state index in [-0.39, 0.29) is 0 Å². The third kappa shape index (κ3) is 4.57. The van der Waals surface area contributed by atoms with Crippen molar-refractivity contribution < 1.29 is 4.74 Å². The molecule has 3 nitrogen and oxygen atoms in total. The minimum absolute atomic E-state index is 0.331. The second-order valence-electron chi connectivity index (χ2n) is 7.42. The highest BCUT2D eigenvalue weighted by Crippen LogP contribution is 2.24. The van der Waals surface area contributed by atoms with Gasteiger partial charge in [0.2, 0.25) is 0 Å². The van der Waals surface area contributed by atoms with Gasteiger partial charge in [0.15, 0.2) is 0 Å². The van der Waals surface area contributed by atoms with Gasteiger partial charge in [-0.1, -0.05) is 52.3 Å². The summed E-state index contributed by atoms with van der Waals surface area (Å²) in [5.41, 5.74) is 3.86. The average molecular weight is 425 g/mol. The van der Waals surface area contributed by atoms with Crippen LogP contribution in [0.25, 0.3) is 10.8 Å². The summed E-state index contributed by atoms with van der Waals surface area (Å²) < 4.78 is 7.10. The number of pyridine rings is 1. The highest BCUT2D eigenvalue weighted by atomic mass is 79.9. The van der Waals surface area contributed by atoms with Crippen LogP contribution in [0.4, 0.5) is 0 Å². The zero-order valence-corrected chi connectivity index (χ0v) is 17.3. The molecule has 0 saturated carbocycles. The van der Waals surface area contributed by atoms with Crippen molar-refractivity contribution in [1.82, 2.24) is 9.88 Å². The lowest BCUT2D eigenvalue weighted by atomic mass is 10.1. The van der Waals surface area contributed by atoms with Gasteiger partial charge in [0, 0.05) is 48.5 Å². The summed E-state index contributed by atoms with van der Waals surface area (Å²) in [6.45, 7) is 5.73. The molecule has 4 heteroatoms. The van der Waals surface area contributed by atoms with E-state index in [0.29, 0.717) is 6.10 Å². The first-order valence-corrected chi connectivity index (χ1v) is 10.4. The number of fused-ring (bicyclic) bond motifs is 1. The first-order chi connectivity index (χ1) is 13.2. The number of nitrogens with zero attached hydrogens (tertiary/aromatic N) is 2. The molecule has 1 aliphatic heterocycles. The first kappa shape index (κ1) is 18.6. The van der Waals surface area contributed by atoms with Crippen molar-refractivity contribution in [3.8, 4) is 0 Å². The van der Waals surface area contributed by atoms with E-state index in [1.807, 2.05) is 12.4 Å². The summed E-state index contributed by atoms with van der Waals surface area (Å²) >= 11 is 3.74. The molecule has 0 spiro atoms. The molecule has 2 aromatic carbocycles. The molecule has 140 valence electrons. The monoisotopic (exact) mass is 424 g/mol. The van der Waals surface area contributed by atoms with E-state index in [0.717, 1.165) is 32.7 Å². The van der Waals surface area contributed by atoms with Gasteiger partial charge in [-0.05, 0) is 47.9 Å². The van der Waals surface area contributed by atoms with Crippen LogP contribution in [0, 0.1) is 6.92 Å². The summed E-state index contributed by atoms with van der Waals surface area (Å²) in [5.74, 6) is 0. The lowest BCUT2D eigenvalue weighted by Gasteiger charge is -2.26. The Bertz CT molecular complexity index is 916. The SMILES string of the molecule is Cc1ccc(CN(Cc2cncc3ccccc23)CC2CCCO2)c(Br)c1. The normalized spacial score (nSPS) is 17.1. The van der Waals surface area contributed by atoms with Crippen molar-refractivity contribution in [2.24, 2.45) is 0 Å². The van der Waals surface area contributed by atoms with Gasteiger partial charge in [0.25, 0.3) is 0 Å². The van der Waals surface area contributed by atoms with Gasteiger partial charge < -0.3 is 4.74 Å². The molecule has 0 bridgehead atoms. The van der Waals surface area contributed by atoms with Crippen LogP contribution in [-0.4, -0.2) is 29.1 Å². The Morgan fingerprint density at radius 2 is 1.96 bits per heavy atom. The molecular formula is C23H25BrN2O. The molecule has 0 N–H and O–H groups in total. The number of aromatic nitrogens is 1. The van der Waals surface area contributed by atoms with Crippen LogP contribution >= 0.6 is 15.9 Å². The molecule has 1 atom stereocenters. The Labute approximate surface area is 169 Å². The zero-order valence-electron chi connectivity index (χ0n) is 15.7. The molecule has 2 heterocycles. The van der Waals surface area contributed by atoms with Crippen molar-refractivity contribution in [3.63, 3.8) is 0 Å². The van der Waals surface area contributed by atoms with Crippen LogP contribution in [0.3, 0.4) is 0 Å². The molecule has 1 unspecified atom stereocenters. The molecule has 4 rings (SSSR count). The summed E-state index contributed by atoms with van der Waals surface area (Å²) in [7, 11) is 0. The molecule has 1 saturated heterocycles. The molecule has 0 amide bonds. The maximum atomic E-state index is 5.93. The summed E-state index contributed by atoms with van der Waals surface area (Å²) in [4.78, 5) is 6.96. The number of hydrogen-bond donors (Lipinski definition) is 0. The fourth-order valence-corrected chi connectivity index (χ4v) is 4.45. The maximum Gasteiger partial charge on any atom is 0.0703 e. The minimum Gasteiger partial charge on any atom is -0.377 e. The standard InChI is InChI=1S/C23H25BrN2O/c1-17-8-9-19(23(24)11-17)14-26(16-21-6-4-10-27-21)15-20-13-25-12-18-5-2-3-7-22(18)20/h2-3,5,7-9,11-13,21H,4,6,10,14-16H2,1H3. The number of ether oxygens (including phenoxy) is 1. The molecule has 1 aliphatic rings. The highest BCUT2D eigenvalue weighted by Gasteiger charge is 2.20. The number of rotatable bonds is 6. The third-order valence-corrected chi connectivity index (χ3v) is 5.97. The number of hydrogen-bond acceptors (Lipinski definition) is 3. The number of aryl methyl sites for hydroxylation is 1. The molecule has 1 aromatic heterocycles. The van der Waals surface area contributed by atoms with Crippen LogP contribution in [0.15, 0.2) is 59.3 Å². The zero-order chi connectivity index (χ0) is 18.6. The lowest BCUT2D eigenvalue weighted by Crippen LogP contribution is -2.31. The summed E-state index contributed by atoms with van der Waals surface area (Å²) in [5, 5.41) is 2.48. The number of halogens is 1. The van der Waals surface area contributed by atoms with Gasteiger partial charge >= 0.3 is 0 Å². The van der Waals surface area contributed by atoms with Crippen molar-refractivity contribution >= 4 is 26.7 Å². The van der Waals surface area contributed by atoms with Crippen molar-refractivity contribution in [2.75, 3.05) is 13.2 Å². The van der Waals surface area contributed by atoms with Crippen LogP contribution in [0.1, 0.15) is 29.5 Å². The van der Waals surface area contributed by atoms with Crippen molar-refractivity contribution in [3.05, 3.63) is 76.0 Å². The molecule has 0 aliphatic carbocycles. The van der Waals surface area contributed by atoms with Crippen LogP contribution in [0.2, 0.25) is 0 Å². The molecule has 27 heavy (non-hydrogen) atoms. The van der Waals surface area contributed by atoms with Crippen LogP contribution < -0.4 is 0 Å². The van der Waals surface area contributed by atoms with Gasteiger partial charge in [0.05, 0.1) is 6.10 Å². The van der Waals surface area contributed by atoms with E-state index in [4.69, 9.17) is 4.74 Å². The first-order valence-electron chi connectivity index (χ1n) is 9.59. The predicted molar refractivity (Wildman–Crippen MR) is 114 cm³/mol. The van der Waals surface area contributed by atoms with E-state index in [2.05, 4.69) is 75.2 Å². The largest absolute Gasteiger partial charge is 0.377 e. The van der Waals surface area contributed by atoms with E-state index in [9.17, 15) is 0 Å². The second kappa shape index (κ2) is 8.51. The van der Waals surface area contributed by atoms with Gasteiger partial charge in [-0.15, -0.1) is 0 Å². The van der Waals surface area contributed by atoms with Crippen molar-refractivity contribution in [2.45, 2.75) is 39.0 Å². The average Bonchev–Trinajstić information content (AvgIpc) is 3.17. The van der Waals surface area contributed by atoms with E-state index in [1.165, 1.54) is 38.4 Å². The molecular weight excluding hydrogens is 400 g/mol. The van der Waals surface area contributed by atoms with Gasteiger partial charge in [0.1, 0.15) is 0 Å². The Hall–Kier alpha value is -1.75. The fraction of sp³-hybridized carbons (Fsp3) is 0.348. The molecule has 0 radical (unpaired) electrons. The minimum atomic E-state index is 0.331. The summed E-state index contributed by atoms with van der Waals surface area (Å²) in [6, 6.07) is 15.1. The maximum absolute atomic E-state index is 5.93. The number of benzene rings is 2. The predicted octanol–water partition coefficient (Wildman–Crippen LogP) is 5.49. The quantitative estimate of drug-likeness (QED) is 0.523. The molecule has 3 aromatic rings. The van der Waals surface area contributed by atoms with Gasteiger partial charge in [-0.25, -0.2) is 0 Å². The fourth-order valence-electron chi connectivity index (χ4n) is 3.83. The smallest absolute Gasteiger partial charge is 0.0703 e. The van der Waals surface area contributed by atoms with E-state index in [1.54, 1.807) is 0 Å². The Morgan fingerprint density at radius 3 is 2.78 bits per heavy atom. The Morgan fingerprint density at radius 1 is 1.11 bits per heavy atom. The van der Waals surface area contributed by atoms with Gasteiger partial charge in [-0.2, -0.15) is 0 Å². The Balaban J connectivity index is 1.60. The molecule has 1 fully saturated rings. The second-order valence-corrected chi connectivity index (χ2v) is 8.27. The van der Waals surface area contributed by atoms with Crippen molar-refractivity contribution in [1.29, 1.82) is 0 Å².